The summed E-state index contributed by atoms with van der Waals surface area (Å²) in [7, 11) is 5.70. The van der Waals surface area contributed by atoms with Crippen LogP contribution in [0.2, 0.25) is 0 Å². The Hall–Kier alpha value is -1.33. The van der Waals surface area contributed by atoms with E-state index >= 15 is 0 Å². The number of methoxy groups -OCH3 is 1. The van der Waals surface area contributed by atoms with E-state index in [-0.39, 0.29) is 6.04 Å². The van der Waals surface area contributed by atoms with E-state index in [2.05, 4.69) is 16.3 Å². The average Bonchev–Trinajstić information content (AvgIpc) is 2.28. The van der Waals surface area contributed by atoms with Crippen LogP contribution in [-0.2, 0) is 0 Å². The van der Waals surface area contributed by atoms with Gasteiger partial charge in [0.15, 0.2) is 5.11 Å². The van der Waals surface area contributed by atoms with Crippen LogP contribution in [0.5, 0.6) is 5.75 Å². The van der Waals surface area contributed by atoms with Crippen molar-refractivity contribution in [1.29, 1.82) is 0 Å². The molecule has 0 aliphatic carbocycles. The zero-order valence-electron chi connectivity index (χ0n) is 10.4. The Morgan fingerprint density at radius 1 is 1.53 bits per heavy atom. The van der Waals surface area contributed by atoms with Crippen molar-refractivity contribution < 1.29 is 4.74 Å². The second-order valence-electron chi connectivity index (χ2n) is 4.00. The van der Waals surface area contributed by atoms with Gasteiger partial charge in [-0.1, -0.05) is 12.1 Å². The van der Waals surface area contributed by atoms with Gasteiger partial charge in [-0.25, -0.2) is 0 Å². The highest BCUT2D eigenvalue weighted by molar-refractivity contribution is 7.80. The van der Waals surface area contributed by atoms with Gasteiger partial charge in [0.1, 0.15) is 5.75 Å². The van der Waals surface area contributed by atoms with Crippen LogP contribution in [0.25, 0.3) is 0 Å². The Bertz CT molecular complexity index is 382. The van der Waals surface area contributed by atoms with E-state index in [1.807, 2.05) is 32.3 Å². The molecule has 5 heteroatoms. The van der Waals surface area contributed by atoms with Crippen molar-refractivity contribution >= 4 is 17.3 Å². The minimum absolute atomic E-state index is 0.201. The highest BCUT2D eigenvalue weighted by Gasteiger charge is 2.14. The van der Waals surface area contributed by atoms with Crippen LogP contribution in [-0.4, -0.2) is 37.8 Å². The van der Waals surface area contributed by atoms with E-state index < -0.39 is 0 Å². The molecule has 1 rings (SSSR count). The molecule has 0 aliphatic heterocycles. The monoisotopic (exact) mass is 253 g/mol. The van der Waals surface area contributed by atoms with Crippen molar-refractivity contribution in [2.75, 3.05) is 27.7 Å². The summed E-state index contributed by atoms with van der Waals surface area (Å²) < 4.78 is 5.22. The van der Waals surface area contributed by atoms with Crippen LogP contribution in [0.4, 0.5) is 0 Å². The van der Waals surface area contributed by atoms with Gasteiger partial charge in [0.25, 0.3) is 0 Å². The highest BCUT2D eigenvalue weighted by Crippen LogP contribution is 2.21. The second-order valence-corrected chi connectivity index (χ2v) is 4.44. The van der Waals surface area contributed by atoms with Crippen molar-refractivity contribution in [3.8, 4) is 5.75 Å². The number of nitrogens with one attached hydrogen (secondary N) is 1. The zero-order chi connectivity index (χ0) is 12.8. The molecule has 94 valence electrons. The third-order valence-corrected chi connectivity index (χ3v) is 2.72. The lowest BCUT2D eigenvalue weighted by Crippen LogP contribution is -2.37. The van der Waals surface area contributed by atoms with Crippen molar-refractivity contribution in [1.82, 2.24) is 10.2 Å². The number of ether oxygens (including phenoxy) is 1. The van der Waals surface area contributed by atoms with E-state index in [1.54, 1.807) is 7.11 Å². The summed E-state index contributed by atoms with van der Waals surface area (Å²) in [6.45, 7) is 0.676. The number of hydrogen-bond donors (Lipinski definition) is 2. The van der Waals surface area contributed by atoms with Gasteiger partial charge >= 0.3 is 0 Å². The minimum atomic E-state index is 0.201. The summed E-state index contributed by atoms with van der Waals surface area (Å²) in [6.07, 6.45) is 0. The summed E-state index contributed by atoms with van der Waals surface area (Å²) in [5.41, 5.74) is 6.62. The lowest BCUT2D eigenvalue weighted by atomic mass is 10.1. The zero-order valence-corrected chi connectivity index (χ0v) is 11.3. The molecule has 0 aliphatic rings. The Labute approximate surface area is 108 Å². The smallest absolute Gasteiger partial charge is 0.163 e. The van der Waals surface area contributed by atoms with Gasteiger partial charge < -0.3 is 20.7 Å². The fraction of sp³-hybridized carbons (Fsp3) is 0.417. The van der Waals surface area contributed by atoms with Gasteiger partial charge in [0, 0.05) is 6.54 Å². The topological polar surface area (TPSA) is 50.5 Å². The van der Waals surface area contributed by atoms with Crippen LogP contribution in [0.3, 0.4) is 0 Å². The molecule has 1 atom stereocenters. The molecule has 0 aromatic heterocycles. The fourth-order valence-electron chi connectivity index (χ4n) is 1.64. The summed E-state index contributed by atoms with van der Waals surface area (Å²) in [5.74, 6) is 0.852. The molecule has 0 radical (unpaired) electrons. The lowest BCUT2D eigenvalue weighted by Gasteiger charge is -2.25. The Balaban J connectivity index is 2.84. The van der Waals surface area contributed by atoms with E-state index in [1.165, 1.54) is 0 Å². The Morgan fingerprint density at radius 2 is 2.24 bits per heavy atom. The van der Waals surface area contributed by atoms with Gasteiger partial charge in [0.05, 0.1) is 13.2 Å². The van der Waals surface area contributed by atoms with Gasteiger partial charge in [0.2, 0.25) is 0 Å². The molecule has 0 spiro atoms. The van der Waals surface area contributed by atoms with Gasteiger partial charge in [-0.3, -0.25) is 0 Å². The first-order valence-corrected chi connectivity index (χ1v) is 5.79. The number of thiocarbonyl (C=S) groups is 1. The van der Waals surface area contributed by atoms with Crippen LogP contribution in [0, 0.1) is 0 Å². The standard InChI is InChI=1S/C12H19N3OS/c1-15(2)11(8-14-12(13)17)9-5-4-6-10(7-9)16-3/h4-7,11H,8H2,1-3H3,(H3,13,14,17). The number of benzene rings is 1. The molecule has 0 fully saturated rings. The molecule has 1 aromatic carbocycles. The van der Waals surface area contributed by atoms with Crippen LogP contribution in [0.1, 0.15) is 11.6 Å². The molecule has 0 bridgehead atoms. The first-order valence-electron chi connectivity index (χ1n) is 5.38. The molecule has 0 saturated heterocycles. The van der Waals surface area contributed by atoms with Gasteiger partial charge in [-0.2, -0.15) is 0 Å². The van der Waals surface area contributed by atoms with Crippen molar-refractivity contribution in [2.24, 2.45) is 5.73 Å². The second kappa shape index (κ2) is 6.42. The summed E-state index contributed by atoms with van der Waals surface area (Å²) in [5, 5.41) is 3.31. The highest BCUT2D eigenvalue weighted by atomic mass is 32.1. The van der Waals surface area contributed by atoms with E-state index in [0.717, 1.165) is 11.3 Å². The fourth-order valence-corrected chi connectivity index (χ4v) is 1.73. The molecular weight excluding hydrogens is 234 g/mol. The normalized spacial score (nSPS) is 12.2. The molecular formula is C12H19N3OS. The lowest BCUT2D eigenvalue weighted by molar-refractivity contribution is 0.298. The number of nitrogens with zero attached hydrogens (tertiary/aromatic N) is 1. The number of hydrogen-bond acceptors (Lipinski definition) is 3. The predicted molar refractivity (Wildman–Crippen MR) is 74.2 cm³/mol. The minimum Gasteiger partial charge on any atom is -0.497 e. The molecule has 0 heterocycles. The Morgan fingerprint density at radius 3 is 2.76 bits per heavy atom. The van der Waals surface area contributed by atoms with E-state index in [0.29, 0.717) is 11.7 Å². The first kappa shape index (κ1) is 13.7. The van der Waals surface area contributed by atoms with Crippen molar-refractivity contribution in [3.05, 3.63) is 29.8 Å². The SMILES string of the molecule is COc1cccc(C(CNC(N)=S)N(C)C)c1. The number of likely N-dealkylation sites (N-methyl/N-ethyl adjacent to an activating group) is 1. The van der Waals surface area contributed by atoms with Crippen LogP contribution < -0.4 is 15.8 Å². The number of rotatable bonds is 5. The Kier molecular flexibility index (Phi) is 5.18. The number of nitrogens with two attached hydrogens (primary N) is 1. The molecule has 1 aromatic rings. The maximum Gasteiger partial charge on any atom is 0.163 e. The summed E-state index contributed by atoms with van der Waals surface area (Å²) in [6, 6.07) is 8.19. The maximum absolute atomic E-state index is 5.45. The third-order valence-electron chi connectivity index (χ3n) is 2.57. The quantitative estimate of drug-likeness (QED) is 0.771. The maximum atomic E-state index is 5.45. The van der Waals surface area contributed by atoms with Crippen LogP contribution >= 0.6 is 12.2 Å². The van der Waals surface area contributed by atoms with E-state index in [4.69, 9.17) is 22.7 Å². The van der Waals surface area contributed by atoms with Crippen LogP contribution in [0.15, 0.2) is 24.3 Å². The van der Waals surface area contributed by atoms with Crippen molar-refractivity contribution in [2.45, 2.75) is 6.04 Å². The molecule has 3 N–H and O–H groups in total. The van der Waals surface area contributed by atoms with E-state index in [9.17, 15) is 0 Å². The van der Waals surface area contributed by atoms with Gasteiger partial charge in [-0.05, 0) is 44.0 Å². The molecule has 1 unspecified atom stereocenters. The molecule has 0 amide bonds. The first-order chi connectivity index (χ1) is 8.04. The molecule has 17 heavy (non-hydrogen) atoms. The largest absolute Gasteiger partial charge is 0.497 e. The predicted octanol–water partition coefficient (Wildman–Crippen LogP) is 1.13. The van der Waals surface area contributed by atoms with Gasteiger partial charge in [-0.15, -0.1) is 0 Å². The average molecular weight is 253 g/mol. The van der Waals surface area contributed by atoms with Crippen molar-refractivity contribution in [3.63, 3.8) is 0 Å². The summed E-state index contributed by atoms with van der Waals surface area (Å²) >= 11 is 4.82. The molecule has 0 saturated carbocycles. The summed E-state index contributed by atoms with van der Waals surface area (Å²) in [4.78, 5) is 2.11. The third kappa shape index (κ3) is 4.20. The molecule has 4 nitrogen and oxygen atoms in total.